The fourth-order valence-electron chi connectivity index (χ4n) is 2.23. The van der Waals surface area contributed by atoms with Crippen LogP contribution in [0.25, 0.3) is 10.4 Å². The number of azide groups is 1. The lowest BCUT2D eigenvalue weighted by Gasteiger charge is -2.22. The minimum Gasteiger partial charge on any atom is -0.469 e. The van der Waals surface area contributed by atoms with Crippen molar-refractivity contribution in [1.82, 2.24) is 0 Å². The SMILES string of the molecule is COC(=O)[C@H]1CC(OC(C)=O)[C@H](OC(C)=O)[C@@H]1N=[N+]=[N-]. The number of hydrogen-bond acceptors (Lipinski definition) is 7. The third kappa shape index (κ3) is 3.61. The minimum absolute atomic E-state index is 0.0634. The van der Waals surface area contributed by atoms with Crippen LogP contribution in [0.1, 0.15) is 20.3 Å². The van der Waals surface area contributed by atoms with E-state index in [0.29, 0.717) is 0 Å². The van der Waals surface area contributed by atoms with Crippen LogP contribution in [0.3, 0.4) is 0 Å². The standard InChI is InChI=1S/C11H15N3O6/c1-5(15)19-8-4-7(11(17)18-3)9(13-14-12)10(8)20-6(2)16/h7-10H,4H2,1-3H3/t7-,8?,9+,10-/m0/s1. The van der Waals surface area contributed by atoms with Crippen LogP contribution in [0.2, 0.25) is 0 Å². The van der Waals surface area contributed by atoms with Crippen molar-refractivity contribution in [2.45, 2.75) is 38.5 Å². The van der Waals surface area contributed by atoms with Crippen LogP contribution in [0.15, 0.2) is 5.11 Å². The van der Waals surface area contributed by atoms with Crippen molar-refractivity contribution in [1.29, 1.82) is 0 Å². The second-order valence-corrected chi connectivity index (χ2v) is 4.28. The first-order chi connectivity index (χ1) is 9.40. The lowest BCUT2D eigenvalue weighted by molar-refractivity contribution is -0.163. The number of esters is 3. The Morgan fingerprint density at radius 2 is 1.80 bits per heavy atom. The molecule has 4 atom stereocenters. The van der Waals surface area contributed by atoms with Gasteiger partial charge >= 0.3 is 17.9 Å². The van der Waals surface area contributed by atoms with Crippen molar-refractivity contribution in [3.63, 3.8) is 0 Å². The third-order valence-corrected chi connectivity index (χ3v) is 2.91. The molecule has 0 aromatic carbocycles. The first-order valence-corrected chi connectivity index (χ1v) is 5.87. The second-order valence-electron chi connectivity index (χ2n) is 4.28. The van der Waals surface area contributed by atoms with Gasteiger partial charge in [-0.1, -0.05) is 5.11 Å². The molecule has 9 nitrogen and oxygen atoms in total. The number of nitrogens with zero attached hydrogens (tertiary/aromatic N) is 3. The van der Waals surface area contributed by atoms with E-state index in [2.05, 4.69) is 14.8 Å². The van der Waals surface area contributed by atoms with Crippen molar-refractivity contribution in [2.75, 3.05) is 7.11 Å². The monoisotopic (exact) mass is 285 g/mol. The highest BCUT2D eigenvalue weighted by molar-refractivity contribution is 5.75. The van der Waals surface area contributed by atoms with E-state index in [0.717, 1.165) is 0 Å². The Balaban J connectivity index is 3.06. The van der Waals surface area contributed by atoms with Crippen LogP contribution in [-0.4, -0.2) is 43.3 Å². The molecule has 0 saturated heterocycles. The molecule has 0 bridgehead atoms. The topological polar surface area (TPSA) is 128 Å². The molecule has 110 valence electrons. The summed E-state index contributed by atoms with van der Waals surface area (Å²) >= 11 is 0. The Hall–Kier alpha value is -2.28. The summed E-state index contributed by atoms with van der Waals surface area (Å²) in [5, 5.41) is 3.48. The Labute approximate surface area is 114 Å². The summed E-state index contributed by atoms with van der Waals surface area (Å²) in [7, 11) is 1.19. The van der Waals surface area contributed by atoms with E-state index in [-0.39, 0.29) is 6.42 Å². The van der Waals surface area contributed by atoms with Crippen LogP contribution >= 0.6 is 0 Å². The van der Waals surface area contributed by atoms with Gasteiger partial charge in [-0.05, 0) is 5.53 Å². The zero-order valence-corrected chi connectivity index (χ0v) is 11.3. The van der Waals surface area contributed by atoms with E-state index in [9.17, 15) is 14.4 Å². The number of rotatable bonds is 4. The fraction of sp³-hybridized carbons (Fsp3) is 0.727. The fourth-order valence-corrected chi connectivity index (χ4v) is 2.23. The van der Waals surface area contributed by atoms with Crippen molar-refractivity contribution < 1.29 is 28.6 Å². The Bertz CT molecular complexity index is 459. The molecule has 1 aliphatic carbocycles. The molecular weight excluding hydrogens is 270 g/mol. The normalized spacial score (nSPS) is 28.1. The molecule has 1 saturated carbocycles. The predicted molar refractivity (Wildman–Crippen MR) is 64.2 cm³/mol. The van der Waals surface area contributed by atoms with E-state index < -0.39 is 42.1 Å². The minimum atomic E-state index is -1.00. The largest absolute Gasteiger partial charge is 0.469 e. The van der Waals surface area contributed by atoms with Crippen LogP contribution in [-0.2, 0) is 28.6 Å². The zero-order chi connectivity index (χ0) is 15.3. The molecule has 0 N–H and O–H groups in total. The lowest BCUT2D eigenvalue weighted by Crippen LogP contribution is -2.37. The summed E-state index contributed by atoms with van der Waals surface area (Å²) in [5.74, 6) is -2.66. The summed E-state index contributed by atoms with van der Waals surface area (Å²) in [6.45, 7) is 2.36. The summed E-state index contributed by atoms with van der Waals surface area (Å²) in [5.41, 5.74) is 8.58. The third-order valence-electron chi connectivity index (χ3n) is 2.91. The van der Waals surface area contributed by atoms with Gasteiger partial charge in [0.25, 0.3) is 0 Å². The quantitative estimate of drug-likeness (QED) is 0.246. The molecule has 9 heteroatoms. The smallest absolute Gasteiger partial charge is 0.309 e. The van der Waals surface area contributed by atoms with Gasteiger partial charge in [-0.25, -0.2) is 0 Å². The van der Waals surface area contributed by atoms with Gasteiger partial charge in [0, 0.05) is 25.2 Å². The lowest BCUT2D eigenvalue weighted by atomic mass is 10.0. The van der Waals surface area contributed by atoms with Crippen LogP contribution < -0.4 is 0 Å². The molecule has 0 aromatic rings. The molecule has 0 aliphatic heterocycles. The molecular formula is C11H15N3O6. The van der Waals surface area contributed by atoms with E-state index in [1.165, 1.54) is 21.0 Å². The summed E-state index contributed by atoms with van der Waals surface area (Å²) in [6, 6.07) is -0.972. The van der Waals surface area contributed by atoms with Crippen molar-refractivity contribution >= 4 is 17.9 Å². The van der Waals surface area contributed by atoms with Gasteiger partial charge in [-0.2, -0.15) is 0 Å². The van der Waals surface area contributed by atoms with Crippen molar-refractivity contribution in [3.8, 4) is 0 Å². The molecule has 1 rings (SSSR count). The van der Waals surface area contributed by atoms with Gasteiger partial charge < -0.3 is 14.2 Å². The van der Waals surface area contributed by atoms with Gasteiger partial charge in [0.15, 0.2) is 0 Å². The predicted octanol–water partition coefficient (Wildman–Crippen LogP) is 0.722. The van der Waals surface area contributed by atoms with E-state index in [1.54, 1.807) is 0 Å². The number of ether oxygens (including phenoxy) is 3. The van der Waals surface area contributed by atoms with Crippen LogP contribution in [0.4, 0.5) is 0 Å². The Morgan fingerprint density at radius 3 is 2.25 bits per heavy atom. The molecule has 1 fully saturated rings. The van der Waals surface area contributed by atoms with E-state index in [1.807, 2.05) is 0 Å². The zero-order valence-electron chi connectivity index (χ0n) is 11.3. The van der Waals surface area contributed by atoms with E-state index >= 15 is 0 Å². The maximum Gasteiger partial charge on any atom is 0.309 e. The Kier molecular flexibility index (Phi) is 5.33. The average Bonchev–Trinajstić information content (AvgIpc) is 2.67. The van der Waals surface area contributed by atoms with Gasteiger partial charge in [0.2, 0.25) is 0 Å². The van der Waals surface area contributed by atoms with Crippen LogP contribution in [0.5, 0.6) is 0 Å². The summed E-state index contributed by atoms with van der Waals surface area (Å²) in [6.07, 6.45) is -1.79. The highest BCUT2D eigenvalue weighted by atomic mass is 16.6. The molecule has 0 amide bonds. The molecule has 0 spiro atoms. The average molecular weight is 285 g/mol. The van der Waals surface area contributed by atoms with Crippen molar-refractivity contribution in [2.24, 2.45) is 11.0 Å². The van der Waals surface area contributed by atoms with Crippen molar-refractivity contribution in [3.05, 3.63) is 10.4 Å². The second kappa shape index (κ2) is 6.76. The highest BCUT2D eigenvalue weighted by Crippen LogP contribution is 2.34. The number of carbonyl (C=O) groups excluding carboxylic acids is 3. The molecule has 1 aliphatic rings. The summed E-state index contributed by atoms with van der Waals surface area (Å²) < 4.78 is 14.7. The van der Waals surface area contributed by atoms with Crippen LogP contribution in [0, 0.1) is 5.92 Å². The van der Waals surface area contributed by atoms with Gasteiger partial charge in [0.05, 0.1) is 19.1 Å². The number of methoxy groups -OCH3 is 1. The Morgan fingerprint density at radius 1 is 1.20 bits per heavy atom. The molecule has 0 aromatic heterocycles. The molecule has 0 heterocycles. The van der Waals surface area contributed by atoms with Gasteiger partial charge in [0.1, 0.15) is 12.2 Å². The molecule has 1 unspecified atom stereocenters. The van der Waals surface area contributed by atoms with Gasteiger partial charge in [-0.3, -0.25) is 14.4 Å². The van der Waals surface area contributed by atoms with E-state index in [4.69, 9.17) is 15.0 Å². The highest BCUT2D eigenvalue weighted by Gasteiger charge is 2.50. The summed E-state index contributed by atoms with van der Waals surface area (Å²) in [4.78, 5) is 36.5. The first kappa shape index (κ1) is 15.8. The molecule has 0 radical (unpaired) electrons. The number of hydrogen-bond donors (Lipinski definition) is 0. The maximum absolute atomic E-state index is 11.7. The maximum atomic E-state index is 11.7. The first-order valence-electron chi connectivity index (χ1n) is 5.87. The number of carbonyl (C=O) groups is 3. The molecule has 20 heavy (non-hydrogen) atoms. The van der Waals surface area contributed by atoms with Gasteiger partial charge in [-0.15, -0.1) is 0 Å².